The Kier molecular flexibility index (Phi) is 3.81. The Labute approximate surface area is 111 Å². The molecular weight excluding hydrogens is 244 g/mol. The standard InChI is InChI=1S/C14H14N2O3/c15-6-2-1-3-7-16-12-5-4-10(14(18)19)8-11(12)9-13(16)17/h4-5,8H,1-3,7,9H2,(H,18,19). The Bertz CT molecular complexity index is 560. The zero-order valence-electron chi connectivity index (χ0n) is 10.4. The number of hydrogen-bond acceptors (Lipinski definition) is 3. The average molecular weight is 258 g/mol. The number of amides is 1. The van der Waals surface area contributed by atoms with Crippen LogP contribution < -0.4 is 4.90 Å². The molecule has 1 aliphatic heterocycles. The number of carboxylic acids is 1. The minimum Gasteiger partial charge on any atom is -0.478 e. The highest BCUT2D eigenvalue weighted by molar-refractivity contribution is 6.02. The zero-order chi connectivity index (χ0) is 13.8. The Balaban J connectivity index is 2.11. The van der Waals surface area contributed by atoms with E-state index in [9.17, 15) is 9.59 Å². The first-order chi connectivity index (χ1) is 9.13. The maximum absolute atomic E-state index is 11.9. The molecule has 0 bridgehead atoms. The molecule has 0 saturated carbocycles. The van der Waals surface area contributed by atoms with E-state index in [0.717, 1.165) is 24.1 Å². The largest absolute Gasteiger partial charge is 0.478 e. The average Bonchev–Trinajstić information content (AvgIpc) is 2.69. The first-order valence-electron chi connectivity index (χ1n) is 6.17. The van der Waals surface area contributed by atoms with Gasteiger partial charge in [0.1, 0.15) is 0 Å². The molecule has 5 nitrogen and oxygen atoms in total. The molecule has 1 aromatic carbocycles. The van der Waals surface area contributed by atoms with Gasteiger partial charge in [-0.2, -0.15) is 5.26 Å². The summed E-state index contributed by atoms with van der Waals surface area (Å²) < 4.78 is 0. The molecule has 2 rings (SSSR count). The first-order valence-corrected chi connectivity index (χ1v) is 6.17. The number of hydrogen-bond donors (Lipinski definition) is 1. The van der Waals surface area contributed by atoms with Crippen molar-refractivity contribution in [1.82, 2.24) is 0 Å². The fraction of sp³-hybridized carbons (Fsp3) is 0.357. The summed E-state index contributed by atoms with van der Waals surface area (Å²) in [6, 6.07) is 6.84. The molecule has 1 amide bonds. The van der Waals surface area contributed by atoms with Gasteiger partial charge in [0.05, 0.1) is 18.1 Å². The molecule has 98 valence electrons. The molecule has 1 N–H and O–H groups in total. The van der Waals surface area contributed by atoms with Gasteiger partial charge in [0.15, 0.2) is 0 Å². The predicted octanol–water partition coefficient (Wildman–Crippen LogP) is 1.97. The summed E-state index contributed by atoms with van der Waals surface area (Å²) in [7, 11) is 0. The van der Waals surface area contributed by atoms with Gasteiger partial charge in [0.25, 0.3) is 0 Å². The Morgan fingerprint density at radius 1 is 1.42 bits per heavy atom. The molecule has 1 aromatic rings. The van der Waals surface area contributed by atoms with Crippen molar-refractivity contribution < 1.29 is 14.7 Å². The molecule has 0 saturated heterocycles. The van der Waals surface area contributed by atoms with Crippen LogP contribution in [0, 0.1) is 11.3 Å². The van der Waals surface area contributed by atoms with Crippen LogP contribution in [0.1, 0.15) is 35.2 Å². The number of anilines is 1. The lowest BCUT2D eigenvalue weighted by molar-refractivity contribution is -0.117. The number of nitrogens with zero attached hydrogens (tertiary/aromatic N) is 2. The van der Waals surface area contributed by atoms with E-state index in [-0.39, 0.29) is 17.9 Å². The van der Waals surface area contributed by atoms with Crippen LogP contribution in [0.3, 0.4) is 0 Å². The predicted molar refractivity (Wildman–Crippen MR) is 68.9 cm³/mol. The highest BCUT2D eigenvalue weighted by Crippen LogP contribution is 2.30. The molecule has 5 heteroatoms. The van der Waals surface area contributed by atoms with Gasteiger partial charge in [-0.15, -0.1) is 0 Å². The molecule has 0 radical (unpaired) electrons. The van der Waals surface area contributed by atoms with E-state index >= 15 is 0 Å². The van der Waals surface area contributed by atoms with Crippen molar-refractivity contribution in [3.8, 4) is 6.07 Å². The van der Waals surface area contributed by atoms with E-state index < -0.39 is 5.97 Å². The Morgan fingerprint density at radius 2 is 2.21 bits per heavy atom. The lowest BCUT2D eigenvalue weighted by Gasteiger charge is -2.17. The summed E-state index contributed by atoms with van der Waals surface area (Å²) in [6.45, 7) is 0.583. The number of aromatic carboxylic acids is 1. The maximum atomic E-state index is 11.9. The SMILES string of the molecule is N#CCCCCN1C(=O)Cc2cc(C(=O)O)ccc21. The molecule has 1 aliphatic rings. The van der Waals surface area contributed by atoms with Crippen LogP contribution in [0.4, 0.5) is 5.69 Å². The minimum atomic E-state index is -0.984. The third-order valence-corrected chi connectivity index (χ3v) is 3.18. The molecule has 19 heavy (non-hydrogen) atoms. The van der Waals surface area contributed by atoms with Gasteiger partial charge >= 0.3 is 5.97 Å². The smallest absolute Gasteiger partial charge is 0.335 e. The van der Waals surface area contributed by atoms with E-state index in [4.69, 9.17) is 10.4 Å². The highest BCUT2D eigenvalue weighted by Gasteiger charge is 2.27. The normalized spacial score (nSPS) is 13.2. The summed E-state index contributed by atoms with van der Waals surface area (Å²) in [5.74, 6) is -0.989. The van der Waals surface area contributed by atoms with Crippen LogP contribution in [0.5, 0.6) is 0 Å². The van der Waals surface area contributed by atoms with Gasteiger partial charge in [0, 0.05) is 18.7 Å². The van der Waals surface area contributed by atoms with Crippen molar-refractivity contribution in [2.75, 3.05) is 11.4 Å². The molecule has 0 fully saturated rings. The van der Waals surface area contributed by atoms with Crippen LogP contribution in [-0.2, 0) is 11.2 Å². The third-order valence-electron chi connectivity index (χ3n) is 3.18. The molecule has 0 aromatic heterocycles. The molecule has 0 atom stereocenters. The van der Waals surface area contributed by atoms with Crippen LogP contribution in [-0.4, -0.2) is 23.5 Å². The van der Waals surface area contributed by atoms with Crippen molar-refractivity contribution >= 4 is 17.6 Å². The zero-order valence-corrected chi connectivity index (χ0v) is 10.4. The van der Waals surface area contributed by atoms with Crippen molar-refractivity contribution in [3.63, 3.8) is 0 Å². The molecule has 0 spiro atoms. The first kappa shape index (κ1) is 13.1. The number of fused-ring (bicyclic) bond motifs is 1. The lowest BCUT2D eigenvalue weighted by atomic mass is 10.1. The number of carbonyl (C=O) groups excluding carboxylic acids is 1. The number of carboxylic acid groups (broad SMARTS) is 1. The number of rotatable bonds is 5. The van der Waals surface area contributed by atoms with Crippen molar-refractivity contribution in [3.05, 3.63) is 29.3 Å². The lowest BCUT2D eigenvalue weighted by Crippen LogP contribution is -2.27. The van der Waals surface area contributed by atoms with Gasteiger partial charge in [-0.1, -0.05) is 0 Å². The Hall–Kier alpha value is -2.35. The summed E-state index contributed by atoms with van der Waals surface area (Å²) in [6.07, 6.45) is 2.30. The van der Waals surface area contributed by atoms with E-state index in [1.165, 1.54) is 6.07 Å². The van der Waals surface area contributed by atoms with E-state index in [2.05, 4.69) is 6.07 Å². The topological polar surface area (TPSA) is 81.4 Å². The fourth-order valence-corrected chi connectivity index (χ4v) is 2.24. The third kappa shape index (κ3) is 2.74. The number of nitriles is 1. The molecule has 0 unspecified atom stereocenters. The summed E-state index contributed by atoms with van der Waals surface area (Å²) in [5, 5.41) is 17.4. The number of unbranched alkanes of at least 4 members (excludes halogenated alkanes) is 2. The van der Waals surface area contributed by atoms with Gasteiger partial charge in [-0.3, -0.25) is 4.79 Å². The van der Waals surface area contributed by atoms with Crippen LogP contribution in [0.25, 0.3) is 0 Å². The van der Waals surface area contributed by atoms with E-state index in [0.29, 0.717) is 13.0 Å². The van der Waals surface area contributed by atoms with E-state index in [1.54, 1.807) is 17.0 Å². The second-order valence-corrected chi connectivity index (χ2v) is 4.49. The summed E-state index contributed by atoms with van der Waals surface area (Å²) in [4.78, 5) is 24.4. The van der Waals surface area contributed by atoms with Gasteiger partial charge in [-0.25, -0.2) is 4.79 Å². The fourth-order valence-electron chi connectivity index (χ4n) is 2.24. The number of benzene rings is 1. The van der Waals surface area contributed by atoms with Crippen molar-refractivity contribution in [2.24, 2.45) is 0 Å². The second-order valence-electron chi connectivity index (χ2n) is 4.49. The van der Waals surface area contributed by atoms with Gasteiger partial charge in [0.2, 0.25) is 5.91 Å². The van der Waals surface area contributed by atoms with Gasteiger partial charge in [-0.05, 0) is 36.6 Å². The molecule has 0 aliphatic carbocycles. The molecule has 1 heterocycles. The summed E-state index contributed by atoms with van der Waals surface area (Å²) in [5.41, 5.74) is 1.77. The van der Waals surface area contributed by atoms with Crippen molar-refractivity contribution in [1.29, 1.82) is 5.26 Å². The van der Waals surface area contributed by atoms with Crippen LogP contribution >= 0.6 is 0 Å². The van der Waals surface area contributed by atoms with E-state index in [1.807, 2.05) is 0 Å². The second kappa shape index (κ2) is 5.53. The van der Waals surface area contributed by atoms with Crippen LogP contribution in [0.15, 0.2) is 18.2 Å². The van der Waals surface area contributed by atoms with Crippen LogP contribution in [0.2, 0.25) is 0 Å². The Morgan fingerprint density at radius 3 is 2.89 bits per heavy atom. The molecular formula is C14H14N2O3. The summed E-state index contributed by atoms with van der Waals surface area (Å²) >= 11 is 0. The minimum absolute atomic E-state index is 0.00510. The quantitative estimate of drug-likeness (QED) is 0.818. The number of carbonyl (C=O) groups is 2. The van der Waals surface area contributed by atoms with Gasteiger partial charge < -0.3 is 10.0 Å². The maximum Gasteiger partial charge on any atom is 0.335 e. The van der Waals surface area contributed by atoms with Crippen molar-refractivity contribution in [2.45, 2.75) is 25.7 Å². The highest BCUT2D eigenvalue weighted by atomic mass is 16.4. The monoisotopic (exact) mass is 258 g/mol.